The van der Waals surface area contributed by atoms with Gasteiger partial charge in [-0.1, -0.05) is 77.5 Å². The van der Waals surface area contributed by atoms with Crippen LogP contribution >= 0.6 is 0 Å². The highest BCUT2D eigenvalue weighted by Gasteiger charge is 2.15. The van der Waals surface area contributed by atoms with Crippen molar-refractivity contribution in [2.75, 3.05) is 6.61 Å². The highest BCUT2D eigenvalue weighted by molar-refractivity contribution is 5.80. The van der Waals surface area contributed by atoms with Crippen LogP contribution in [-0.4, -0.2) is 17.6 Å². The lowest BCUT2D eigenvalue weighted by atomic mass is 10.0. The molecule has 2 rings (SSSR count). The Morgan fingerprint density at radius 1 is 0.967 bits per heavy atom. The molecule has 0 aliphatic rings. The largest absolute Gasteiger partial charge is 0.491 e. The molecule has 1 atom stereocenters. The van der Waals surface area contributed by atoms with Gasteiger partial charge in [0.25, 0.3) is 0 Å². The van der Waals surface area contributed by atoms with Gasteiger partial charge in [-0.2, -0.15) is 0 Å². The van der Waals surface area contributed by atoms with E-state index in [-0.39, 0.29) is 5.97 Å². The number of pyridine rings is 1. The Labute approximate surface area is 182 Å². The van der Waals surface area contributed by atoms with E-state index in [1.807, 2.05) is 30.3 Å². The van der Waals surface area contributed by atoms with Crippen molar-refractivity contribution < 1.29 is 14.3 Å². The summed E-state index contributed by atoms with van der Waals surface area (Å²) >= 11 is 0. The first kappa shape index (κ1) is 23.9. The fourth-order valence-electron chi connectivity index (χ4n) is 3.30. The lowest BCUT2D eigenvalue weighted by Crippen LogP contribution is -2.10. The van der Waals surface area contributed by atoms with Crippen LogP contribution in [0.4, 0.5) is 0 Å². The van der Waals surface area contributed by atoms with Crippen molar-refractivity contribution >= 4 is 5.97 Å². The number of hydrogen-bond acceptors (Lipinski definition) is 4. The van der Waals surface area contributed by atoms with Crippen LogP contribution in [0.5, 0.6) is 11.5 Å². The summed E-state index contributed by atoms with van der Waals surface area (Å²) < 4.78 is 11.8. The van der Waals surface area contributed by atoms with Crippen molar-refractivity contribution in [1.29, 1.82) is 0 Å². The topological polar surface area (TPSA) is 48.4 Å². The van der Waals surface area contributed by atoms with E-state index in [2.05, 4.69) is 25.8 Å². The predicted molar refractivity (Wildman–Crippen MR) is 123 cm³/mol. The first-order chi connectivity index (χ1) is 14.7. The molecule has 0 aliphatic heterocycles. The van der Waals surface area contributed by atoms with Gasteiger partial charge >= 0.3 is 5.97 Å². The smallest absolute Gasteiger partial charge is 0.311 e. The molecule has 0 aliphatic carbocycles. The second-order valence-corrected chi connectivity index (χ2v) is 8.01. The predicted octanol–water partition coefficient (Wildman–Crippen LogP) is 7.22. The quantitative estimate of drug-likeness (QED) is 0.187. The number of hydrogen-bond donors (Lipinski definition) is 0. The van der Waals surface area contributed by atoms with E-state index in [9.17, 15) is 4.79 Å². The maximum absolute atomic E-state index is 12.4. The van der Waals surface area contributed by atoms with Gasteiger partial charge in [0.2, 0.25) is 0 Å². The van der Waals surface area contributed by atoms with Crippen molar-refractivity contribution in [3.8, 4) is 22.6 Å². The highest BCUT2D eigenvalue weighted by atomic mass is 16.5. The van der Waals surface area contributed by atoms with Gasteiger partial charge < -0.3 is 9.47 Å². The Hall–Kier alpha value is -2.36. The fourth-order valence-corrected chi connectivity index (χ4v) is 3.30. The molecule has 4 heteroatoms. The summed E-state index contributed by atoms with van der Waals surface area (Å²) in [6.45, 7) is 7.20. The van der Waals surface area contributed by atoms with Gasteiger partial charge in [-0.05, 0) is 30.9 Å². The molecular weight excluding hydrogens is 374 g/mol. The minimum atomic E-state index is -0.189. The molecule has 1 unspecified atom stereocenters. The number of para-hydroxylation sites is 1. The summed E-state index contributed by atoms with van der Waals surface area (Å²) in [6, 6.07) is 9.56. The molecule has 2 aromatic rings. The van der Waals surface area contributed by atoms with E-state index in [4.69, 9.17) is 9.47 Å². The van der Waals surface area contributed by atoms with Crippen LogP contribution in [0.15, 0.2) is 42.7 Å². The first-order valence-electron chi connectivity index (χ1n) is 11.5. The highest BCUT2D eigenvalue weighted by Crippen LogP contribution is 2.36. The number of aromatic nitrogens is 1. The van der Waals surface area contributed by atoms with Crippen molar-refractivity contribution in [1.82, 2.24) is 4.98 Å². The molecule has 4 nitrogen and oxygen atoms in total. The van der Waals surface area contributed by atoms with Gasteiger partial charge in [-0.25, -0.2) is 0 Å². The molecule has 1 aromatic heterocycles. The Balaban J connectivity index is 2.01. The molecule has 164 valence electrons. The standard InChI is InChI=1S/C26H37NO3/c1-4-6-7-8-9-12-19-29-25-20-27-18-17-23(25)22-13-10-11-14-24(22)30-26(28)16-15-21(3)5-2/h10-11,13-14,17-18,20-21H,4-9,12,15-16,19H2,1-3H3. The number of unbranched alkanes of at least 4 members (excludes halogenated alkanes) is 5. The zero-order valence-electron chi connectivity index (χ0n) is 18.9. The summed E-state index contributed by atoms with van der Waals surface area (Å²) in [4.78, 5) is 16.6. The number of carbonyl (C=O) groups is 1. The number of esters is 1. The minimum Gasteiger partial charge on any atom is -0.491 e. The van der Waals surface area contributed by atoms with Crippen LogP contribution in [-0.2, 0) is 4.79 Å². The van der Waals surface area contributed by atoms with Gasteiger partial charge in [0.1, 0.15) is 11.5 Å². The Kier molecular flexibility index (Phi) is 11.0. The summed E-state index contributed by atoms with van der Waals surface area (Å²) in [6.07, 6.45) is 13.2. The second-order valence-electron chi connectivity index (χ2n) is 8.01. The van der Waals surface area contributed by atoms with Crippen molar-refractivity contribution in [2.24, 2.45) is 5.92 Å². The van der Waals surface area contributed by atoms with Gasteiger partial charge in [-0.3, -0.25) is 9.78 Å². The third-order valence-electron chi connectivity index (χ3n) is 5.48. The van der Waals surface area contributed by atoms with Crippen LogP contribution < -0.4 is 9.47 Å². The summed E-state index contributed by atoms with van der Waals surface area (Å²) in [7, 11) is 0. The zero-order valence-corrected chi connectivity index (χ0v) is 18.9. The number of benzene rings is 1. The maximum Gasteiger partial charge on any atom is 0.311 e. The average Bonchev–Trinajstić information content (AvgIpc) is 2.77. The molecule has 30 heavy (non-hydrogen) atoms. The van der Waals surface area contributed by atoms with Gasteiger partial charge in [0, 0.05) is 23.7 Å². The van der Waals surface area contributed by atoms with Crippen LogP contribution in [0.2, 0.25) is 0 Å². The van der Waals surface area contributed by atoms with Crippen LogP contribution in [0.25, 0.3) is 11.1 Å². The molecule has 0 saturated heterocycles. The molecule has 0 amide bonds. The van der Waals surface area contributed by atoms with E-state index >= 15 is 0 Å². The second kappa shape index (κ2) is 13.8. The first-order valence-corrected chi connectivity index (χ1v) is 11.5. The van der Waals surface area contributed by atoms with Crippen LogP contribution in [0.3, 0.4) is 0 Å². The van der Waals surface area contributed by atoms with Gasteiger partial charge in [0.15, 0.2) is 0 Å². The third kappa shape index (κ3) is 8.17. The molecule has 1 heterocycles. The third-order valence-corrected chi connectivity index (χ3v) is 5.48. The minimum absolute atomic E-state index is 0.189. The lowest BCUT2D eigenvalue weighted by Gasteiger charge is -2.15. The van der Waals surface area contributed by atoms with E-state index in [1.165, 1.54) is 32.1 Å². The van der Waals surface area contributed by atoms with E-state index in [0.29, 0.717) is 24.7 Å². The summed E-state index contributed by atoms with van der Waals surface area (Å²) in [5.41, 5.74) is 1.76. The molecule has 0 bridgehead atoms. The summed E-state index contributed by atoms with van der Waals surface area (Å²) in [5, 5.41) is 0. The summed E-state index contributed by atoms with van der Waals surface area (Å²) in [5.74, 6) is 1.64. The SMILES string of the molecule is CCCCCCCCOc1cnccc1-c1ccccc1OC(=O)CCC(C)CC. The monoisotopic (exact) mass is 411 g/mol. The van der Waals surface area contributed by atoms with Crippen molar-refractivity contribution in [3.63, 3.8) is 0 Å². The molecule has 1 aromatic carbocycles. The van der Waals surface area contributed by atoms with Crippen molar-refractivity contribution in [2.45, 2.75) is 78.6 Å². The normalized spacial score (nSPS) is 11.8. The van der Waals surface area contributed by atoms with Crippen molar-refractivity contribution in [3.05, 3.63) is 42.7 Å². The van der Waals surface area contributed by atoms with E-state index in [0.717, 1.165) is 36.1 Å². The molecule has 0 saturated carbocycles. The molecular formula is C26H37NO3. The molecule has 0 N–H and O–H groups in total. The van der Waals surface area contributed by atoms with Gasteiger partial charge in [-0.15, -0.1) is 0 Å². The van der Waals surface area contributed by atoms with E-state index < -0.39 is 0 Å². The average molecular weight is 412 g/mol. The number of nitrogens with zero attached hydrogens (tertiary/aromatic N) is 1. The lowest BCUT2D eigenvalue weighted by molar-refractivity contribution is -0.134. The van der Waals surface area contributed by atoms with Crippen LogP contribution in [0, 0.1) is 5.92 Å². The Bertz CT molecular complexity index is 759. The number of ether oxygens (including phenoxy) is 2. The number of carbonyl (C=O) groups excluding carboxylic acids is 1. The van der Waals surface area contributed by atoms with Crippen LogP contribution in [0.1, 0.15) is 78.6 Å². The van der Waals surface area contributed by atoms with E-state index in [1.54, 1.807) is 12.4 Å². The van der Waals surface area contributed by atoms with Gasteiger partial charge in [0.05, 0.1) is 12.8 Å². The fraction of sp³-hybridized carbons (Fsp3) is 0.538. The molecule has 0 fully saturated rings. The zero-order chi connectivity index (χ0) is 21.6. The molecule has 0 spiro atoms. The Morgan fingerprint density at radius 2 is 1.70 bits per heavy atom. The molecule has 0 radical (unpaired) electrons. The number of rotatable bonds is 14. The Morgan fingerprint density at radius 3 is 2.50 bits per heavy atom. The maximum atomic E-state index is 12.4.